The molecule has 0 heterocycles. The number of hydrogen-bond donors (Lipinski definition) is 1. The summed E-state index contributed by atoms with van der Waals surface area (Å²) >= 11 is 9.16. The number of ether oxygens (including phenoxy) is 1. The molecule has 1 amide bonds. The Morgan fingerprint density at radius 3 is 2.60 bits per heavy atom. The van der Waals surface area contributed by atoms with E-state index in [1.807, 2.05) is 20.8 Å². The molecule has 0 fully saturated rings. The first-order valence-electron chi connectivity index (χ1n) is 6.22. The van der Waals surface area contributed by atoms with Crippen molar-refractivity contribution in [2.45, 2.75) is 26.8 Å². The van der Waals surface area contributed by atoms with Crippen LogP contribution in [-0.4, -0.2) is 24.5 Å². The molecule has 1 N–H and O–H groups in total. The van der Waals surface area contributed by atoms with Crippen LogP contribution in [-0.2, 0) is 9.53 Å². The predicted molar refractivity (Wildman–Crippen MR) is 81.9 cm³/mol. The van der Waals surface area contributed by atoms with Crippen LogP contribution in [0.2, 0.25) is 5.02 Å². The van der Waals surface area contributed by atoms with Crippen LogP contribution in [0.5, 0.6) is 0 Å². The van der Waals surface area contributed by atoms with Crippen LogP contribution in [0.25, 0.3) is 0 Å². The Hall–Kier alpha value is -1.07. The van der Waals surface area contributed by atoms with Gasteiger partial charge in [-0.25, -0.2) is 4.79 Å². The lowest BCUT2D eigenvalue weighted by Crippen LogP contribution is -2.38. The molecule has 20 heavy (non-hydrogen) atoms. The number of nitrogens with one attached hydrogen (secondary N) is 1. The number of carbonyl (C=O) groups excluding carboxylic acids is 2. The number of hydrogen-bond acceptors (Lipinski definition) is 3. The average molecular weight is 363 g/mol. The van der Waals surface area contributed by atoms with Gasteiger partial charge in [0.15, 0.2) is 6.61 Å². The number of esters is 1. The number of halogens is 2. The second-order valence-electron chi connectivity index (χ2n) is 4.80. The lowest BCUT2D eigenvalue weighted by Gasteiger charge is -2.17. The third kappa shape index (κ3) is 5.13. The zero-order valence-electron chi connectivity index (χ0n) is 11.6. The zero-order valence-corrected chi connectivity index (χ0v) is 13.9. The van der Waals surface area contributed by atoms with E-state index in [-0.39, 0.29) is 29.1 Å². The van der Waals surface area contributed by atoms with E-state index in [1.165, 1.54) is 0 Å². The minimum Gasteiger partial charge on any atom is -0.452 e. The van der Waals surface area contributed by atoms with Gasteiger partial charge < -0.3 is 10.1 Å². The molecule has 0 aliphatic rings. The van der Waals surface area contributed by atoms with E-state index < -0.39 is 5.97 Å². The van der Waals surface area contributed by atoms with Crippen molar-refractivity contribution in [3.05, 3.63) is 33.3 Å². The third-order valence-electron chi connectivity index (χ3n) is 2.87. The first kappa shape index (κ1) is 17.0. The molecule has 0 spiro atoms. The summed E-state index contributed by atoms with van der Waals surface area (Å²) in [5.74, 6) is -0.636. The minimum absolute atomic E-state index is 0.0238. The Morgan fingerprint density at radius 1 is 1.35 bits per heavy atom. The second kappa shape index (κ2) is 7.64. The summed E-state index contributed by atoms with van der Waals surface area (Å²) in [4.78, 5) is 23.4. The molecule has 0 aliphatic heterocycles. The summed E-state index contributed by atoms with van der Waals surface area (Å²) in [5, 5.41) is 3.04. The maximum absolute atomic E-state index is 11.8. The van der Waals surface area contributed by atoms with Crippen LogP contribution in [0.4, 0.5) is 0 Å². The van der Waals surface area contributed by atoms with Gasteiger partial charge in [0.2, 0.25) is 0 Å². The quantitative estimate of drug-likeness (QED) is 0.817. The summed E-state index contributed by atoms with van der Waals surface area (Å²) < 4.78 is 5.66. The molecule has 0 saturated carbocycles. The number of benzene rings is 1. The molecular weight excluding hydrogens is 346 g/mol. The Kier molecular flexibility index (Phi) is 6.49. The fraction of sp³-hybridized carbons (Fsp3) is 0.429. The Labute approximate surface area is 132 Å². The van der Waals surface area contributed by atoms with E-state index in [0.29, 0.717) is 10.4 Å². The highest BCUT2D eigenvalue weighted by Crippen LogP contribution is 2.21. The van der Waals surface area contributed by atoms with Crippen molar-refractivity contribution in [2.24, 2.45) is 5.92 Å². The molecule has 0 bridgehead atoms. The number of rotatable bonds is 5. The molecular formula is C14H17BrClNO3. The average Bonchev–Trinajstić information content (AvgIpc) is 2.38. The van der Waals surface area contributed by atoms with E-state index in [0.717, 1.165) is 0 Å². The van der Waals surface area contributed by atoms with Gasteiger partial charge in [0, 0.05) is 10.5 Å². The molecule has 1 aromatic rings. The van der Waals surface area contributed by atoms with Crippen molar-refractivity contribution in [3.8, 4) is 0 Å². The Bertz CT molecular complexity index is 505. The molecule has 1 aromatic carbocycles. The molecule has 0 unspecified atom stereocenters. The van der Waals surface area contributed by atoms with Gasteiger partial charge in [-0.2, -0.15) is 0 Å². The van der Waals surface area contributed by atoms with Gasteiger partial charge in [-0.3, -0.25) is 4.79 Å². The number of carbonyl (C=O) groups is 2. The van der Waals surface area contributed by atoms with Crippen molar-refractivity contribution < 1.29 is 14.3 Å². The van der Waals surface area contributed by atoms with E-state index in [1.54, 1.807) is 18.2 Å². The molecule has 6 heteroatoms. The smallest absolute Gasteiger partial charge is 0.340 e. The summed E-state index contributed by atoms with van der Waals surface area (Å²) in [7, 11) is 0. The topological polar surface area (TPSA) is 55.4 Å². The van der Waals surface area contributed by atoms with Gasteiger partial charge in [0.05, 0.1) is 10.6 Å². The standard InChI is InChI=1S/C14H17BrClNO3/c1-8(2)9(3)17-13(18)7-20-14(19)11-6-10(15)4-5-12(11)16/h4-6,8-9H,7H2,1-3H3,(H,17,18)/t9-/m0/s1. The SMILES string of the molecule is CC(C)[C@H](C)NC(=O)COC(=O)c1cc(Br)ccc1Cl. The van der Waals surface area contributed by atoms with Gasteiger partial charge in [0.1, 0.15) is 0 Å². The Morgan fingerprint density at radius 2 is 2.00 bits per heavy atom. The molecule has 1 rings (SSSR count). The van der Waals surface area contributed by atoms with Gasteiger partial charge in [-0.05, 0) is 31.0 Å². The van der Waals surface area contributed by atoms with Crippen molar-refractivity contribution >= 4 is 39.4 Å². The first-order chi connectivity index (χ1) is 9.31. The molecule has 4 nitrogen and oxygen atoms in total. The number of amides is 1. The second-order valence-corrected chi connectivity index (χ2v) is 6.12. The molecule has 110 valence electrons. The molecule has 0 radical (unpaired) electrons. The highest BCUT2D eigenvalue weighted by molar-refractivity contribution is 9.10. The molecule has 0 saturated heterocycles. The Balaban J connectivity index is 2.55. The maximum atomic E-state index is 11.8. The van der Waals surface area contributed by atoms with E-state index in [9.17, 15) is 9.59 Å². The van der Waals surface area contributed by atoms with Crippen LogP contribution >= 0.6 is 27.5 Å². The highest BCUT2D eigenvalue weighted by Gasteiger charge is 2.16. The maximum Gasteiger partial charge on any atom is 0.340 e. The van der Waals surface area contributed by atoms with Crippen molar-refractivity contribution in [1.82, 2.24) is 5.32 Å². The molecule has 0 aliphatic carbocycles. The predicted octanol–water partition coefficient (Wildman–Crippen LogP) is 3.42. The normalized spacial score (nSPS) is 12.1. The summed E-state index contributed by atoms with van der Waals surface area (Å²) in [6.45, 7) is 5.57. The van der Waals surface area contributed by atoms with Crippen LogP contribution in [0, 0.1) is 5.92 Å². The monoisotopic (exact) mass is 361 g/mol. The fourth-order valence-corrected chi connectivity index (χ4v) is 1.88. The van der Waals surface area contributed by atoms with Crippen LogP contribution in [0.1, 0.15) is 31.1 Å². The molecule has 1 atom stereocenters. The fourth-order valence-electron chi connectivity index (χ4n) is 1.33. The summed E-state index contributed by atoms with van der Waals surface area (Å²) in [6, 6.07) is 4.88. The van der Waals surface area contributed by atoms with Crippen LogP contribution in [0.15, 0.2) is 22.7 Å². The van der Waals surface area contributed by atoms with Crippen molar-refractivity contribution in [1.29, 1.82) is 0 Å². The van der Waals surface area contributed by atoms with Crippen LogP contribution < -0.4 is 5.32 Å². The van der Waals surface area contributed by atoms with Gasteiger partial charge in [-0.15, -0.1) is 0 Å². The largest absolute Gasteiger partial charge is 0.452 e. The summed E-state index contributed by atoms with van der Waals surface area (Å²) in [6.07, 6.45) is 0. The highest BCUT2D eigenvalue weighted by atomic mass is 79.9. The van der Waals surface area contributed by atoms with Crippen molar-refractivity contribution in [2.75, 3.05) is 6.61 Å². The zero-order chi connectivity index (χ0) is 15.3. The summed E-state index contributed by atoms with van der Waals surface area (Å²) in [5.41, 5.74) is 0.228. The molecule has 0 aromatic heterocycles. The van der Waals surface area contributed by atoms with Crippen molar-refractivity contribution in [3.63, 3.8) is 0 Å². The first-order valence-corrected chi connectivity index (χ1v) is 7.40. The van der Waals surface area contributed by atoms with Gasteiger partial charge in [0.25, 0.3) is 5.91 Å². The lowest BCUT2D eigenvalue weighted by atomic mass is 10.1. The van der Waals surface area contributed by atoms with Gasteiger partial charge in [-0.1, -0.05) is 41.4 Å². The van der Waals surface area contributed by atoms with Crippen LogP contribution in [0.3, 0.4) is 0 Å². The third-order valence-corrected chi connectivity index (χ3v) is 3.69. The van der Waals surface area contributed by atoms with Gasteiger partial charge >= 0.3 is 5.97 Å². The minimum atomic E-state index is -0.622. The van der Waals surface area contributed by atoms with E-state index in [2.05, 4.69) is 21.2 Å². The van der Waals surface area contributed by atoms with E-state index in [4.69, 9.17) is 16.3 Å². The van der Waals surface area contributed by atoms with E-state index >= 15 is 0 Å². The lowest BCUT2D eigenvalue weighted by molar-refractivity contribution is -0.125.